The van der Waals surface area contributed by atoms with E-state index in [0.717, 1.165) is 16.3 Å². The van der Waals surface area contributed by atoms with E-state index in [4.69, 9.17) is 9.57 Å². The van der Waals surface area contributed by atoms with Crippen LogP contribution in [0.15, 0.2) is 34.8 Å². The van der Waals surface area contributed by atoms with Gasteiger partial charge < -0.3 is 14.9 Å². The fourth-order valence-electron chi connectivity index (χ4n) is 2.93. The van der Waals surface area contributed by atoms with Gasteiger partial charge in [-0.15, -0.1) is 11.3 Å². The standard InChI is InChI=1S/C21H27N3O3S/c1-20(2,3)17-13-28-18(23-17)10-11-22-19(25)21(4)12-15(24-27-21)14-8-6-7-9-16(14)26-5/h6-9,13H,10-12H2,1-5H3,(H,22,25). The molecule has 0 saturated carbocycles. The van der Waals surface area contributed by atoms with Crippen LogP contribution >= 0.6 is 11.3 Å². The minimum Gasteiger partial charge on any atom is -0.496 e. The Morgan fingerprint density at radius 3 is 2.79 bits per heavy atom. The summed E-state index contributed by atoms with van der Waals surface area (Å²) in [7, 11) is 1.62. The van der Waals surface area contributed by atoms with Crippen LogP contribution in [0.25, 0.3) is 0 Å². The van der Waals surface area contributed by atoms with Crippen molar-refractivity contribution in [2.75, 3.05) is 13.7 Å². The predicted octanol–water partition coefficient (Wildman–Crippen LogP) is 3.69. The maximum Gasteiger partial charge on any atom is 0.267 e. The summed E-state index contributed by atoms with van der Waals surface area (Å²) >= 11 is 1.63. The van der Waals surface area contributed by atoms with E-state index in [1.165, 1.54) is 0 Å². The van der Waals surface area contributed by atoms with E-state index in [-0.39, 0.29) is 11.3 Å². The number of thiazole rings is 1. The number of nitrogens with zero attached hydrogens (tertiary/aromatic N) is 2. The van der Waals surface area contributed by atoms with E-state index in [1.807, 2.05) is 24.3 Å². The average Bonchev–Trinajstić information content (AvgIpc) is 3.29. The average molecular weight is 402 g/mol. The Balaban J connectivity index is 1.56. The van der Waals surface area contributed by atoms with Gasteiger partial charge in [0.2, 0.25) is 5.60 Å². The lowest BCUT2D eigenvalue weighted by molar-refractivity contribution is -0.141. The number of rotatable bonds is 6. The Bertz CT molecular complexity index is 885. The molecule has 0 bridgehead atoms. The summed E-state index contributed by atoms with van der Waals surface area (Å²) in [6.45, 7) is 8.70. The van der Waals surface area contributed by atoms with Gasteiger partial charge in [-0.05, 0) is 19.1 Å². The van der Waals surface area contributed by atoms with Crippen LogP contribution in [0.1, 0.15) is 50.4 Å². The second kappa shape index (κ2) is 7.91. The second-order valence-corrected chi connectivity index (χ2v) is 9.06. The number of hydrogen-bond donors (Lipinski definition) is 1. The van der Waals surface area contributed by atoms with Gasteiger partial charge in [-0.2, -0.15) is 0 Å². The van der Waals surface area contributed by atoms with E-state index in [1.54, 1.807) is 25.4 Å². The highest BCUT2D eigenvalue weighted by atomic mass is 32.1. The molecule has 3 rings (SSSR count). The summed E-state index contributed by atoms with van der Waals surface area (Å²) in [4.78, 5) is 22.9. The maximum absolute atomic E-state index is 12.7. The number of aromatic nitrogens is 1. The molecule has 1 atom stereocenters. The van der Waals surface area contributed by atoms with Crippen LogP contribution < -0.4 is 10.1 Å². The molecular formula is C21H27N3O3S. The number of nitrogens with one attached hydrogen (secondary N) is 1. The summed E-state index contributed by atoms with van der Waals surface area (Å²) in [5, 5.41) is 10.2. The fraction of sp³-hybridized carbons (Fsp3) is 0.476. The molecule has 1 unspecified atom stereocenters. The number of amides is 1. The Morgan fingerprint density at radius 1 is 1.36 bits per heavy atom. The van der Waals surface area contributed by atoms with Gasteiger partial charge in [0, 0.05) is 35.7 Å². The number of ether oxygens (including phenoxy) is 1. The molecule has 0 saturated heterocycles. The lowest BCUT2D eigenvalue weighted by Crippen LogP contribution is -2.45. The Hall–Kier alpha value is -2.41. The van der Waals surface area contributed by atoms with Gasteiger partial charge >= 0.3 is 0 Å². The summed E-state index contributed by atoms with van der Waals surface area (Å²) in [5.74, 6) is 0.543. The zero-order valence-corrected chi connectivity index (χ0v) is 17.9. The van der Waals surface area contributed by atoms with Crippen molar-refractivity contribution >= 4 is 23.0 Å². The highest BCUT2D eigenvalue weighted by Gasteiger charge is 2.42. The fourth-order valence-corrected chi connectivity index (χ4v) is 3.95. The van der Waals surface area contributed by atoms with Crippen molar-refractivity contribution < 1.29 is 14.4 Å². The molecule has 6 nitrogen and oxygen atoms in total. The highest BCUT2D eigenvalue weighted by molar-refractivity contribution is 7.09. The minimum absolute atomic E-state index is 0.0371. The Kier molecular flexibility index (Phi) is 5.74. The molecule has 1 amide bonds. The van der Waals surface area contributed by atoms with Gasteiger partial charge in [-0.25, -0.2) is 4.98 Å². The van der Waals surface area contributed by atoms with Crippen molar-refractivity contribution in [3.05, 3.63) is 45.9 Å². The number of benzene rings is 1. The summed E-state index contributed by atoms with van der Waals surface area (Å²) in [6, 6.07) is 7.59. The van der Waals surface area contributed by atoms with Crippen LogP contribution in [0, 0.1) is 0 Å². The molecule has 1 aliphatic rings. The van der Waals surface area contributed by atoms with Crippen LogP contribution in [-0.4, -0.2) is 35.9 Å². The van der Waals surface area contributed by atoms with E-state index in [0.29, 0.717) is 30.8 Å². The van der Waals surface area contributed by atoms with Crippen LogP contribution in [0.2, 0.25) is 0 Å². The SMILES string of the molecule is COc1ccccc1C1=NOC(C)(C(=O)NCCc2nc(C(C)(C)C)cs2)C1. The van der Waals surface area contributed by atoms with E-state index in [2.05, 4.69) is 41.6 Å². The van der Waals surface area contributed by atoms with Gasteiger partial charge in [0.25, 0.3) is 5.91 Å². The van der Waals surface area contributed by atoms with Gasteiger partial charge in [0.1, 0.15) is 5.75 Å². The highest BCUT2D eigenvalue weighted by Crippen LogP contribution is 2.30. The minimum atomic E-state index is -1.02. The lowest BCUT2D eigenvalue weighted by Gasteiger charge is -2.20. The molecule has 28 heavy (non-hydrogen) atoms. The number of carbonyl (C=O) groups is 1. The van der Waals surface area contributed by atoms with Crippen molar-refractivity contribution in [2.45, 2.75) is 51.6 Å². The number of oxime groups is 1. The molecule has 150 valence electrons. The largest absolute Gasteiger partial charge is 0.496 e. The first-order valence-corrected chi connectivity index (χ1v) is 10.2. The quantitative estimate of drug-likeness (QED) is 0.801. The number of hydrogen-bond acceptors (Lipinski definition) is 6. The molecule has 7 heteroatoms. The zero-order chi connectivity index (χ0) is 20.4. The van der Waals surface area contributed by atoms with Gasteiger partial charge in [-0.1, -0.05) is 38.1 Å². The van der Waals surface area contributed by atoms with Gasteiger partial charge in [-0.3, -0.25) is 4.79 Å². The van der Waals surface area contributed by atoms with Crippen LogP contribution in [0.3, 0.4) is 0 Å². The van der Waals surface area contributed by atoms with E-state index < -0.39 is 5.60 Å². The number of methoxy groups -OCH3 is 1. The third-order valence-corrected chi connectivity index (χ3v) is 5.61. The summed E-state index contributed by atoms with van der Waals surface area (Å²) < 4.78 is 5.38. The van der Waals surface area contributed by atoms with Crippen molar-refractivity contribution in [2.24, 2.45) is 5.16 Å². The van der Waals surface area contributed by atoms with Crippen LogP contribution in [0.5, 0.6) is 5.75 Å². The topological polar surface area (TPSA) is 72.8 Å². The third kappa shape index (κ3) is 4.35. The molecule has 0 fully saturated rings. The maximum atomic E-state index is 12.7. The zero-order valence-electron chi connectivity index (χ0n) is 17.0. The monoisotopic (exact) mass is 401 g/mol. The predicted molar refractivity (Wildman–Crippen MR) is 111 cm³/mol. The molecule has 2 heterocycles. The first-order valence-electron chi connectivity index (χ1n) is 9.34. The van der Waals surface area contributed by atoms with Gasteiger partial charge in [0.15, 0.2) is 0 Å². The first kappa shape index (κ1) is 20.3. The lowest BCUT2D eigenvalue weighted by atomic mass is 9.93. The molecule has 0 aliphatic carbocycles. The van der Waals surface area contributed by atoms with Crippen molar-refractivity contribution in [1.82, 2.24) is 10.3 Å². The van der Waals surface area contributed by atoms with Crippen LogP contribution in [0.4, 0.5) is 0 Å². The van der Waals surface area contributed by atoms with Gasteiger partial charge in [0.05, 0.1) is 23.5 Å². The third-order valence-electron chi connectivity index (χ3n) is 4.70. The molecule has 1 aromatic heterocycles. The van der Waals surface area contributed by atoms with E-state index >= 15 is 0 Å². The normalized spacial score (nSPS) is 19.1. The van der Waals surface area contributed by atoms with Crippen molar-refractivity contribution in [3.8, 4) is 5.75 Å². The number of para-hydroxylation sites is 1. The molecule has 1 aliphatic heterocycles. The second-order valence-electron chi connectivity index (χ2n) is 8.12. The number of carbonyl (C=O) groups excluding carboxylic acids is 1. The molecular weight excluding hydrogens is 374 g/mol. The summed E-state index contributed by atoms with van der Waals surface area (Å²) in [6.07, 6.45) is 1.09. The Morgan fingerprint density at radius 2 is 2.11 bits per heavy atom. The Labute approximate surface area is 170 Å². The molecule has 0 spiro atoms. The van der Waals surface area contributed by atoms with Crippen molar-refractivity contribution in [3.63, 3.8) is 0 Å². The van der Waals surface area contributed by atoms with Crippen LogP contribution in [-0.2, 0) is 21.5 Å². The molecule has 2 aromatic rings. The van der Waals surface area contributed by atoms with E-state index in [9.17, 15) is 4.79 Å². The first-order chi connectivity index (χ1) is 13.2. The molecule has 1 N–H and O–H groups in total. The summed E-state index contributed by atoms with van der Waals surface area (Å²) in [5.41, 5.74) is 1.66. The molecule has 0 radical (unpaired) electrons. The smallest absolute Gasteiger partial charge is 0.267 e. The van der Waals surface area contributed by atoms with Crippen molar-refractivity contribution in [1.29, 1.82) is 0 Å². The molecule has 1 aromatic carbocycles.